The number of rotatable bonds is 3. The predicted octanol–water partition coefficient (Wildman–Crippen LogP) is 3.19. The summed E-state index contributed by atoms with van der Waals surface area (Å²) in [6, 6.07) is 9.61. The number of amides is 1. The molecule has 3 rings (SSSR count). The molecular formula is C16H21NO. The Labute approximate surface area is 109 Å². The molecule has 2 aliphatic rings. The Morgan fingerprint density at radius 2 is 2.00 bits per heavy atom. The third-order valence-corrected chi connectivity index (χ3v) is 4.76. The van der Waals surface area contributed by atoms with Gasteiger partial charge in [0.05, 0.1) is 0 Å². The molecular weight excluding hydrogens is 222 g/mol. The fraction of sp³-hybridized carbons (Fsp3) is 0.562. The molecule has 2 nitrogen and oxygen atoms in total. The zero-order valence-corrected chi connectivity index (χ0v) is 11.0. The summed E-state index contributed by atoms with van der Waals surface area (Å²) in [5, 5.41) is 0. The van der Waals surface area contributed by atoms with Crippen molar-refractivity contribution in [2.24, 2.45) is 17.8 Å². The lowest BCUT2D eigenvalue weighted by atomic mass is 9.88. The highest BCUT2D eigenvalue weighted by Gasteiger charge is 2.40. The van der Waals surface area contributed by atoms with Gasteiger partial charge >= 0.3 is 0 Å². The largest absolute Gasteiger partial charge is 0.341 e. The Balaban J connectivity index is 1.62. The van der Waals surface area contributed by atoms with E-state index in [1.54, 1.807) is 0 Å². The highest BCUT2D eigenvalue weighted by molar-refractivity contribution is 5.93. The zero-order chi connectivity index (χ0) is 12.5. The van der Waals surface area contributed by atoms with E-state index in [0.717, 1.165) is 29.9 Å². The summed E-state index contributed by atoms with van der Waals surface area (Å²) in [4.78, 5) is 14.2. The third kappa shape index (κ3) is 2.16. The van der Waals surface area contributed by atoms with Crippen LogP contribution in [0.3, 0.4) is 0 Å². The van der Waals surface area contributed by atoms with E-state index in [2.05, 4.69) is 0 Å². The highest BCUT2D eigenvalue weighted by Crippen LogP contribution is 2.48. The summed E-state index contributed by atoms with van der Waals surface area (Å²) in [6.07, 6.45) is 5.58. The SMILES string of the molecule is CN(CC1CC2CCC1C2)C(=O)c1ccccc1. The maximum atomic E-state index is 12.3. The van der Waals surface area contributed by atoms with Crippen LogP contribution >= 0.6 is 0 Å². The third-order valence-electron chi connectivity index (χ3n) is 4.76. The lowest BCUT2D eigenvalue weighted by Gasteiger charge is -2.27. The van der Waals surface area contributed by atoms with Crippen LogP contribution in [0, 0.1) is 17.8 Å². The van der Waals surface area contributed by atoms with E-state index in [1.807, 2.05) is 42.3 Å². The summed E-state index contributed by atoms with van der Waals surface area (Å²) in [6.45, 7) is 0.939. The maximum absolute atomic E-state index is 12.3. The molecule has 2 fully saturated rings. The van der Waals surface area contributed by atoms with Gasteiger partial charge < -0.3 is 4.90 Å². The van der Waals surface area contributed by atoms with Crippen molar-refractivity contribution < 1.29 is 4.79 Å². The van der Waals surface area contributed by atoms with E-state index < -0.39 is 0 Å². The second-order valence-electron chi connectivity index (χ2n) is 5.99. The summed E-state index contributed by atoms with van der Waals surface area (Å²) >= 11 is 0. The van der Waals surface area contributed by atoms with Crippen molar-refractivity contribution in [2.75, 3.05) is 13.6 Å². The van der Waals surface area contributed by atoms with Gasteiger partial charge in [-0.3, -0.25) is 4.79 Å². The fourth-order valence-corrected chi connectivity index (χ4v) is 3.84. The molecule has 0 spiro atoms. The lowest BCUT2D eigenvalue weighted by Crippen LogP contribution is -2.33. The minimum atomic E-state index is 0.165. The molecule has 96 valence electrons. The van der Waals surface area contributed by atoms with Gasteiger partial charge in [0.15, 0.2) is 0 Å². The molecule has 2 bridgehead atoms. The first-order chi connectivity index (χ1) is 8.74. The van der Waals surface area contributed by atoms with E-state index in [4.69, 9.17) is 0 Å². The molecule has 0 saturated heterocycles. The molecule has 0 N–H and O–H groups in total. The molecule has 0 heterocycles. The normalized spacial score (nSPS) is 29.5. The number of hydrogen-bond donors (Lipinski definition) is 0. The first kappa shape index (κ1) is 11.8. The summed E-state index contributed by atoms with van der Waals surface area (Å²) in [7, 11) is 1.95. The molecule has 0 aromatic heterocycles. The summed E-state index contributed by atoms with van der Waals surface area (Å²) in [5.74, 6) is 2.76. The Hall–Kier alpha value is -1.31. The van der Waals surface area contributed by atoms with Crippen molar-refractivity contribution in [3.05, 3.63) is 35.9 Å². The predicted molar refractivity (Wildman–Crippen MR) is 72.3 cm³/mol. The standard InChI is InChI=1S/C16H21NO/c1-17(16(18)13-5-3-2-4-6-13)11-15-10-12-7-8-14(15)9-12/h2-6,12,14-15H,7-11H2,1H3. The van der Waals surface area contributed by atoms with Gasteiger partial charge in [0.25, 0.3) is 5.91 Å². The molecule has 3 atom stereocenters. The molecule has 2 aliphatic carbocycles. The number of carbonyl (C=O) groups excluding carboxylic acids is 1. The molecule has 3 unspecified atom stereocenters. The van der Waals surface area contributed by atoms with E-state index in [-0.39, 0.29) is 5.91 Å². The molecule has 1 aromatic rings. The van der Waals surface area contributed by atoms with E-state index in [9.17, 15) is 4.79 Å². The number of carbonyl (C=O) groups is 1. The monoisotopic (exact) mass is 243 g/mol. The topological polar surface area (TPSA) is 20.3 Å². The zero-order valence-electron chi connectivity index (χ0n) is 11.0. The Kier molecular flexibility index (Phi) is 3.11. The van der Waals surface area contributed by atoms with Crippen molar-refractivity contribution in [3.63, 3.8) is 0 Å². The van der Waals surface area contributed by atoms with Gasteiger partial charge in [-0.2, -0.15) is 0 Å². The van der Waals surface area contributed by atoms with Crippen LogP contribution < -0.4 is 0 Å². The van der Waals surface area contributed by atoms with E-state index in [1.165, 1.54) is 25.7 Å². The summed E-state index contributed by atoms with van der Waals surface area (Å²) in [5.41, 5.74) is 0.808. The van der Waals surface area contributed by atoms with Crippen molar-refractivity contribution >= 4 is 5.91 Å². The molecule has 18 heavy (non-hydrogen) atoms. The van der Waals surface area contributed by atoms with Crippen LogP contribution in [0.5, 0.6) is 0 Å². The number of nitrogens with zero attached hydrogens (tertiary/aromatic N) is 1. The number of hydrogen-bond acceptors (Lipinski definition) is 1. The van der Waals surface area contributed by atoms with Crippen LogP contribution in [0.25, 0.3) is 0 Å². The van der Waals surface area contributed by atoms with Gasteiger partial charge in [-0.15, -0.1) is 0 Å². The van der Waals surface area contributed by atoms with Crippen LogP contribution in [0.15, 0.2) is 30.3 Å². The van der Waals surface area contributed by atoms with Crippen molar-refractivity contribution in [3.8, 4) is 0 Å². The maximum Gasteiger partial charge on any atom is 0.253 e. The van der Waals surface area contributed by atoms with Crippen LogP contribution in [-0.4, -0.2) is 24.4 Å². The van der Waals surface area contributed by atoms with Crippen molar-refractivity contribution in [2.45, 2.75) is 25.7 Å². The number of fused-ring (bicyclic) bond motifs is 2. The smallest absolute Gasteiger partial charge is 0.253 e. The second-order valence-corrected chi connectivity index (χ2v) is 5.99. The quantitative estimate of drug-likeness (QED) is 0.798. The minimum Gasteiger partial charge on any atom is -0.341 e. The van der Waals surface area contributed by atoms with Gasteiger partial charge in [-0.25, -0.2) is 0 Å². The molecule has 1 aromatic carbocycles. The first-order valence-corrected chi connectivity index (χ1v) is 7.04. The Morgan fingerprint density at radius 1 is 1.22 bits per heavy atom. The van der Waals surface area contributed by atoms with Crippen molar-refractivity contribution in [1.29, 1.82) is 0 Å². The molecule has 1 amide bonds. The van der Waals surface area contributed by atoms with Crippen molar-refractivity contribution in [1.82, 2.24) is 4.90 Å². The van der Waals surface area contributed by atoms with Crippen LogP contribution in [-0.2, 0) is 0 Å². The van der Waals surface area contributed by atoms with Gasteiger partial charge in [-0.1, -0.05) is 24.6 Å². The minimum absolute atomic E-state index is 0.165. The molecule has 2 saturated carbocycles. The number of benzene rings is 1. The Bertz CT molecular complexity index is 428. The molecule has 2 heteroatoms. The lowest BCUT2D eigenvalue weighted by molar-refractivity contribution is 0.0754. The average molecular weight is 243 g/mol. The van der Waals surface area contributed by atoms with Crippen LogP contribution in [0.4, 0.5) is 0 Å². The van der Waals surface area contributed by atoms with Gasteiger partial charge in [0, 0.05) is 19.2 Å². The van der Waals surface area contributed by atoms with E-state index >= 15 is 0 Å². The molecule has 0 aliphatic heterocycles. The highest BCUT2D eigenvalue weighted by atomic mass is 16.2. The van der Waals surface area contributed by atoms with E-state index in [0.29, 0.717) is 0 Å². The van der Waals surface area contributed by atoms with Gasteiger partial charge in [-0.05, 0) is 49.1 Å². The first-order valence-electron chi connectivity index (χ1n) is 7.04. The fourth-order valence-electron chi connectivity index (χ4n) is 3.84. The van der Waals surface area contributed by atoms with Gasteiger partial charge in [0.2, 0.25) is 0 Å². The molecule has 0 radical (unpaired) electrons. The summed E-state index contributed by atoms with van der Waals surface area (Å²) < 4.78 is 0. The van der Waals surface area contributed by atoms with Crippen LogP contribution in [0.2, 0.25) is 0 Å². The average Bonchev–Trinajstić information content (AvgIpc) is 3.01. The van der Waals surface area contributed by atoms with Crippen LogP contribution in [0.1, 0.15) is 36.0 Å². The van der Waals surface area contributed by atoms with Gasteiger partial charge in [0.1, 0.15) is 0 Å². The Morgan fingerprint density at radius 3 is 2.61 bits per heavy atom. The second kappa shape index (κ2) is 4.75.